The summed E-state index contributed by atoms with van der Waals surface area (Å²) in [5.41, 5.74) is 2.76. The average molecular weight is 435 g/mol. The zero-order chi connectivity index (χ0) is 22.1. The average Bonchev–Trinajstić information content (AvgIpc) is 3.30. The predicted octanol–water partition coefficient (Wildman–Crippen LogP) is 6.48. The van der Waals surface area contributed by atoms with Crippen molar-refractivity contribution in [2.75, 3.05) is 11.9 Å². The van der Waals surface area contributed by atoms with Crippen LogP contribution in [0.3, 0.4) is 0 Å². The Labute approximate surface area is 188 Å². The van der Waals surface area contributed by atoms with Gasteiger partial charge in [0.2, 0.25) is 0 Å². The molecule has 6 nitrogen and oxygen atoms in total. The Morgan fingerprint density at radius 3 is 2.75 bits per heavy atom. The molecular formula is C26H30N2O4. The molecule has 6 heteroatoms. The first-order chi connectivity index (χ1) is 15.6. The Morgan fingerprint density at radius 1 is 1.09 bits per heavy atom. The molecule has 3 unspecified atom stereocenters. The monoisotopic (exact) mass is 434 g/mol. The molecule has 0 bridgehead atoms. The van der Waals surface area contributed by atoms with Gasteiger partial charge >= 0.3 is 0 Å². The van der Waals surface area contributed by atoms with E-state index < -0.39 is 4.92 Å². The van der Waals surface area contributed by atoms with Crippen LogP contribution in [0.15, 0.2) is 48.6 Å². The third-order valence-corrected chi connectivity index (χ3v) is 7.41. The van der Waals surface area contributed by atoms with E-state index in [0.717, 1.165) is 36.8 Å². The number of phenols is 1. The molecule has 2 aliphatic carbocycles. The number of allylic oxidation sites excluding steroid dienone is 2. The van der Waals surface area contributed by atoms with Gasteiger partial charge in [-0.3, -0.25) is 10.1 Å². The highest BCUT2D eigenvalue weighted by atomic mass is 16.6. The highest BCUT2D eigenvalue weighted by molar-refractivity contribution is 5.63. The fraction of sp³-hybridized carbons (Fsp3) is 0.462. The van der Waals surface area contributed by atoms with Crippen molar-refractivity contribution in [2.45, 2.75) is 56.9 Å². The number of nitrogens with one attached hydrogen (secondary N) is 1. The zero-order valence-corrected chi connectivity index (χ0v) is 18.2. The summed E-state index contributed by atoms with van der Waals surface area (Å²) < 4.78 is 6.13. The largest absolute Gasteiger partial charge is 0.508 e. The van der Waals surface area contributed by atoms with E-state index in [1.165, 1.54) is 55.9 Å². The number of ether oxygens (including phenoxy) is 1. The molecule has 2 aromatic carbocycles. The van der Waals surface area contributed by atoms with Crippen molar-refractivity contribution in [1.29, 1.82) is 0 Å². The second-order valence-electron chi connectivity index (χ2n) is 9.37. The number of anilines is 1. The maximum atomic E-state index is 11.3. The minimum absolute atomic E-state index is 0.00498. The van der Waals surface area contributed by atoms with Crippen molar-refractivity contribution in [3.8, 4) is 11.5 Å². The van der Waals surface area contributed by atoms with Gasteiger partial charge in [-0.1, -0.05) is 44.3 Å². The summed E-state index contributed by atoms with van der Waals surface area (Å²) in [6, 6.07) is 10.2. The van der Waals surface area contributed by atoms with E-state index in [9.17, 15) is 15.2 Å². The number of hydrogen-bond donors (Lipinski definition) is 2. The summed E-state index contributed by atoms with van der Waals surface area (Å²) in [4.78, 5) is 10.9. The van der Waals surface area contributed by atoms with Crippen molar-refractivity contribution in [3.05, 3.63) is 69.8 Å². The van der Waals surface area contributed by atoms with Gasteiger partial charge in [-0.15, -0.1) is 0 Å². The molecule has 32 heavy (non-hydrogen) atoms. The molecule has 5 rings (SSSR count). The molecule has 1 fully saturated rings. The van der Waals surface area contributed by atoms with Crippen molar-refractivity contribution >= 4 is 11.4 Å². The maximum Gasteiger partial charge on any atom is 0.270 e. The standard InChI is InChI=1S/C26H30N2O4/c29-25-12-9-18(28(30)31)15-23(25)26-21-8-4-7-20(21)22-16-19(10-11-24(22)27-26)32-14-13-17-5-2-1-3-6-17/h4,7,9-12,15-17,20-21,26-27,29H,1-3,5-6,8,13-14H2. The van der Waals surface area contributed by atoms with Crippen LogP contribution in [0.1, 0.15) is 68.0 Å². The summed E-state index contributed by atoms with van der Waals surface area (Å²) >= 11 is 0. The van der Waals surface area contributed by atoms with Crippen LogP contribution < -0.4 is 10.1 Å². The Kier molecular flexibility index (Phi) is 5.77. The number of fused-ring (bicyclic) bond motifs is 3. The van der Waals surface area contributed by atoms with Crippen molar-refractivity contribution in [2.24, 2.45) is 11.8 Å². The normalized spacial score (nSPS) is 24.4. The second kappa shape index (κ2) is 8.85. The van der Waals surface area contributed by atoms with Gasteiger partial charge in [0.15, 0.2) is 0 Å². The quantitative estimate of drug-likeness (QED) is 0.309. The molecule has 0 amide bonds. The van der Waals surface area contributed by atoms with Crippen LogP contribution in [0, 0.1) is 22.0 Å². The molecular weight excluding hydrogens is 404 g/mol. The molecule has 3 atom stereocenters. The number of nitrogens with zero attached hydrogens (tertiary/aromatic N) is 1. The number of nitro groups is 1. The lowest BCUT2D eigenvalue weighted by atomic mass is 9.76. The number of aromatic hydroxyl groups is 1. The molecule has 2 aromatic rings. The minimum atomic E-state index is -0.416. The van der Waals surface area contributed by atoms with E-state index in [1.807, 2.05) is 12.1 Å². The molecule has 1 aliphatic heterocycles. The number of rotatable bonds is 6. The zero-order valence-electron chi connectivity index (χ0n) is 18.2. The summed E-state index contributed by atoms with van der Waals surface area (Å²) in [6.45, 7) is 0.755. The SMILES string of the molecule is O=[N+]([O-])c1ccc(O)c(C2Nc3ccc(OCCC4CCCCC4)cc3C3C=CCC32)c1. The fourth-order valence-electron chi connectivity index (χ4n) is 5.69. The number of nitro benzene ring substituents is 1. The molecule has 2 N–H and O–H groups in total. The Balaban J connectivity index is 1.35. The Hall–Kier alpha value is -3.02. The van der Waals surface area contributed by atoms with Crippen LogP contribution >= 0.6 is 0 Å². The van der Waals surface area contributed by atoms with Gasteiger partial charge in [-0.05, 0) is 54.5 Å². The van der Waals surface area contributed by atoms with E-state index in [2.05, 4.69) is 23.5 Å². The van der Waals surface area contributed by atoms with Gasteiger partial charge in [0.05, 0.1) is 17.6 Å². The van der Waals surface area contributed by atoms with Crippen molar-refractivity contribution in [1.82, 2.24) is 0 Å². The minimum Gasteiger partial charge on any atom is -0.508 e. The van der Waals surface area contributed by atoms with E-state index in [4.69, 9.17) is 4.74 Å². The summed E-state index contributed by atoms with van der Waals surface area (Å²) in [7, 11) is 0. The number of hydrogen-bond acceptors (Lipinski definition) is 5. The molecule has 0 spiro atoms. The highest BCUT2D eigenvalue weighted by Gasteiger charge is 2.39. The lowest BCUT2D eigenvalue weighted by Crippen LogP contribution is -2.29. The molecule has 0 saturated heterocycles. The van der Waals surface area contributed by atoms with Gasteiger partial charge in [0.25, 0.3) is 5.69 Å². The van der Waals surface area contributed by atoms with Crippen LogP contribution in [0.25, 0.3) is 0 Å². The van der Waals surface area contributed by atoms with E-state index in [1.54, 1.807) is 0 Å². The fourth-order valence-corrected chi connectivity index (χ4v) is 5.69. The third-order valence-electron chi connectivity index (χ3n) is 7.41. The summed E-state index contributed by atoms with van der Waals surface area (Å²) in [5, 5.41) is 25.3. The molecule has 1 saturated carbocycles. The van der Waals surface area contributed by atoms with Gasteiger partial charge in [-0.25, -0.2) is 0 Å². The molecule has 1 heterocycles. The molecule has 3 aliphatic rings. The smallest absolute Gasteiger partial charge is 0.270 e. The topological polar surface area (TPSA) is 84.6 Å². The van der Waals surface area contributed by atoms with Crippen LogP contribution in [0.5, 0.6) is 11.5 Å². The van der Waals surface area contributed by atoms with Crippen LogP contribution in [0.2, 0.25) is 0 Å². The predicted molar refractivity (Wildman–Crippen MR) is 124 cm³/mol. The summed E-state index contributed by atoms with van der Waals surface area (Å²) in [5.74, 6) is 2.17. The highest BCUT2D eigenvalue weighted by Crippen LogP contribution is 2.52. The first kappa shape index (κ1) is 20.9. The number of benzene rings is 2. The van der Waals surface area contributed by atoms with Crippen LogP contribution in [-0.4, -0.2) is 16.6 Å². The first-order valence-corrected chi connectivity index (χ1v) is 11.8. The lowest BCUT2D eigenvalue weighted by molar-refractivity contribution is -0.385. The molecule has 168 valence electrons. The second-order valence-corrected chi connectivity index (χ2v) is 9.37. The number of phenolic OH excluding ortho intramolecular Hbond substituents is 1. The van der Waals surface area contributed by atoms with Gasteiger partial charge in [0.1, 0.15) is 11.5 Å². The lowest BCUT2D eigenvalue weighted by Gasteiger charge is -2.37. The molecule has 0 aromatic heterocycles. The van der Waals surface area contributed by atoms with E-state index >= 15 is 0 Å². The van der Waals surface area contributed by atoms with Crippen molar-refractivity contribution < 1.29 is 14.8 Å². The van der Waals surface area contributed by atoms with Gasteiger partial charge < -0.3 is 15.2 Å². The van der Waals surface area contributed by atoms with E-state index in [0.29, 0.717) is 5.56 Å². The van der Waals surface area contributed by atoms with E-state index in [-0.39, 0.29) is 29.3 Å². The molecule has 0 radical (unpaired) electrons. The number of non-ortho nitro benzene ring substituents is 1. The van der Waals surface area contributed by atoms with Gasteiger partial charge in [0, 0.05) is 29.3 Å². The van der Waals surface area contributed by atoms with Crippen molar-refractivity contribution in [3.63, 3.8) is 0 Å². The summed E-state index contributed by atoms with van der Waals surface area (Å²) in [6.07, 6.45) is 13.1. The Bertz CT molecular complexity index is 1030. The van der Waals surface area contributed by atoms with Crippen LogP contribution in [0.4, 0.5) is 11.4 Å². The first-order valence-electron chi connectivity index (χ1n) is 11.8. The Morgan fingerprint density at radius 2 is 1.94 bits per heavy atom. The van der Waals surface area contributed by atoms with Gasteiger partial charge in [-0.2, -0.15) is 0 Å². The van der Waals surface area contributed by atoms with Crippen LogP contribution in [-0.2, 0) is 0 Å². The maximum absolute atomic E-state index is 11.3. The third kappa shape index (κ3) is 4.06.